The first-order valence-corrected chi connectivity index (χ1v) is 12.7. The first kappa shape index (κ1) is 23.6. The molecular formula is C23H26N6O4S. The van der Waals surface area contributed by atoms with Gasteiger partial charge in [-0.05, 0) is 36.8 Å². The minimum atomic E-state index is -3.34. The summed E-state index contributed by atoms with van der Waals surface area (Å²) in [4.78, 5) is 27.9. The van der Waals surface area contributed by atoms with Gasteiger partial charge in [0.1, 0.15) is 11.8 Å². The Labute approximate surface area is 197 Å². The molecule has 1 fully saturated rings. The van der Waals surface area contributed by atoms with Crippen molar-refractivity contribution in [2.75, 3.05) is 31.3 Å². The van der Waals surface area contributed by atoms with Gasteiger partial charge in [-0.25, -0.2) is 18.4 Å². The minimum absolute atomic E-state index is 0.0863. The van der Waals surface area contributed by atoms with Crippen molar-refractivity contribution in [3.8, 4) is 11.4 Å². The number of benzene rings is 1. The maximum Gasteiger partial charge on any atom is 0.275 e. The molecule has 3 heterocycles. The molecular weight excluding hydrogens is 456 g/mol. The van der Waals surface area contributed by atoms with Gasteiger partial charge in [0.15, 0.2) is 15.6 Å². The van der Waals surface area contributed by atoms with Crippen LogP contribution in [0.2, 0.25) is 0 Å². The maximum absolute atomic E-state index is 12.8. The number of sulfone groups is 1. The molecule has 1 aliphatic rings. The number of rotatable bonds is 6. The molecule has 1 aromatic carbocycles. The van der Waals surface area contributed by atoms with E-state index in [1.165, 1.54) is 29.1 Å². The third-order valence-corrected chi connectivity index (χ3v) is 6.60. The van der Waals surface area contributed by atoms with Crippen molar-refractivity contribution in [1.29, 1.82) is 0 Å². The maximum atomic E-state index is 12.8. The number of nitrogens with zero attached hydrogens (tertiary/aromatic N) is 6. The van der Waals surface area contributed by atoms with Crippen LogP contribution in [0.5, 0.6) is 5.75 Å². The van der Waals surface area contributed by atoms with Crippen LogP contribution in [0.1, 0.15) is 24.1 Å². The average Bonchev–Trinajstić information content (AvgIpc) is 2.81. The third-order valence-electron chi connectivity index (χ3n) is 5.47. The van der Waals surface area contributed by atoms with Crippen molar-refractivity contribution in [1.82, 2.24) is 19.7 Å². The number of anilines is 1. The van der Waals surface area contributed by atoms with Gasteiger partial charge in [-0.1, -0.05) is 0 Å². The van der Waals surface area contributed by atoms with Crippen molar-refractivity contribution in [3.63, 3.8) is 0 Å². The van der Waals surface area contributed by atoms with E-state index in [-0.39, 0.29) is 16.6 Å². The molecule has 0 N–H and O–H groups in total. The average molecular weight is 483 g/mol. The van der Waals surface area contributed by atoms with E-state index in [1.807, 2.05) is 6.92 Å². The Kier molecular flexibility index (Phi) is 6.73. The minimum Gasteiger partial charge on any atom is -0.488 e. The zero-order valence-corrected chi connectivity index (χ0v) is 20.1. The molecule has 178 valence electrons. The summed E-state index contributed by atoms with van der Waals surface area (Å²) in [5, 5.41) is 4.41. The van der Waals surface area contributed by atoms with Crippen LogP contribution in [0.4, 0.5) is 5.95 Å². The highest BCUT2D eigenvalue weighted by Gasteiger charge is 2.24. The molecule has 2 aromatic heterocycles. The summed E-state index contributed by atoms with van der Waals surface area (Å²) in [5.74, 6) is 1.07. The second-order valence-corrected chi connectivity index (χ2v) is 10.2. The molecule has 0 aliphatic carbocycles. The highest BCUT2D eigenvalue weighted by molar-refractivity contribution is 7.90. The summed E-state index contributed by atoms with van der Waals surface area (Å²) in [7, 11) is -1.72. The Morgan fingerprint density at radius 1 is 1.12 bits per heavy atom. The van der Waals surface area contributed by atoms with Gasteiger partial charge in [0.25, 0.3) is 5.56 Å². The number of aromatic nitrogens is 4. The first-order chi connectivity index (χ1) is 16.2. The van der Waals surface area contributed by atoms with Gasteiger partial charge in [0.05, 0.1) is 16.8 Å². The van der Waals surface area contributed by atoms with Crippen LogP contribution >= 0.6 is 0 Å². The highest BCUT2D eigenvalue weighted by atomic mass is 32.2. The molecule has 1 aliphatic heterocycles. The third kappa shape index (κ3) is 5.30. The van der Waals surface area contributed by atoms with E-state index in [0.29, 0.717) is 23.1 Å². The molecule has 0 saturated carbocycles. The Bertz CT molecular complexity index is 1340. The molecule has 10 nitrogen and oxygen atoms in total. The molecule has 0 spiro atoms. The normalized spacial score (nSPS) is 15.1. The number of hydrogen-bond acceptors (Lipinski definition) is 9. The summed E-state index contributed by atoms with van der Waals surface area (Å²) >= 11 is 0. The summed E-state index contributed by atoms with van der Waals surface area (Å²) in [6.45, 7) is 3.43. The molecule has 0 amide bonds. The summed E-state index contributed by atoms with van der Waals surface area (Å²) in [5.41, 5.74) is 1.49. The van der Waals surface area contributed by atoms with Gasteiger partial charge < -0.3 is 9.64 Å². The van der Waals surface area contributed by atoms with E-state index in [2.05, 4.69) is 25.0 Å². The largest absolute Gasteiger partial charge is 0.488 e. The summed E-state index contributed by atoms with van der Waals surface area (Å²) < 4.78 is 30.8. The number of piperidine rings is 1. The Balaban J connectivity index is 1.52. The van der Waals surface area contributed by atoms with Crippen molar-refractivity contribution < 1.29 is 13.2 Å². The zero-order valence-electron chi connectivity index (χ0n) is 19.2. The van der Waals surface area contributed by atoms with Gasteiger partial charge in [0, 0.05) is 57.7 Å². The van der Waals surface area contributed by atoms with Gasteiger partial charge in [0.2, 0.25) is 5.95 Å². The quantitative estimate of drug-likeness (QED) is 0.488. The van der Waals surface area contributed by atoms with E-state index >= 15 is 0 Å². The molecule has 0 radical (unpaired) electrons. The predicted molar refractivity (Wildman–Crippen MR) is 129 cm³/mol. The molecule has 0 bridgehead atoms. The molecule has 11 heteroatoms. The molecule has 4 rings (SSSR count). The standard InChI is InChI=1S/C23H26N6O4S/c1-16-13-25-23(26-14-16)28-10-8-18(9-11-28)33-21-12-22(30)29(27-20(21)15-24-2)17-4-6-19(7-5-17)34(3,31)32/h4-7,12-15,18H,8-11H2,1-3H3. The lowest BCUT2D eigenvalue weighted by Crippen LogP contribution is -2.39. The van der Waals surface area contributed by atoms with Gasteiger partial charge in [-0.3, -0.25) is 9.79 Å². The second-order valence-electron chi connectivity index (χ2n) is 8.16. The lowest BCUT2D eigenvalue weighted by Gasteiger charge is -2.32. The fourth-order valence-corrected chi connectivity index (χ4v) is 4.31. The SMILES string of the molecule is CN=Cc1nn(-c2ccc(S(C)(=O)=O)cc2)c(=O)cc1OC1CCN(c2ncc(C)cn2)CC1. The van der Waals surface area contributed by atoms with Crippen LogP contribution in [0.25, 0.3) is 5.69 Å². The Morgan fingerprint density at radius 2 is 1.76 bits per heavy atom. The van der Waals surface area contributed by atoms with Gasteiger partial charge >= 0.3 is 0 Å². The van der Waals surface area contributed by atoms with Crippen molar-refractivity contribution in [2.45, 2.75) is 30.8 Å². The van der Waals surface area contributed by atoms with E-state index in [1.54, 1.807) is 31.6 Å². The van der Waals surface area contributed by atoms with Gasteiger partial charge in [-0.15, -0.1) is 0 Å². The monoisotopic (exact) mass is 482 g/mol. The number of aryl methyl sites for hydroxylation is 1. The highest BCUT2D eigenvalue weighted by Crippen LogP contribution is 2.22. The van der Waals surface area contributed by atoms with E-state index in [4.69, 9.17) is 4.74 Å². The van der Waals surface area contributed by atoms with Gasteiger partial charge in [-0.2, -0.15) is 9.78 Å². The fraction of sp³-hybridized carbons (Fsp3) is 0.348. The van der Waals surface area contributed by atoms with Crippen LogP contribution in [0.15, 0.2) is 57.4 Å². The molecule has 0 atom stereocenters. The lowest BCUT2D eigenvalue weighted by molar-refractivity contribution is 0.169. The Morgan fingerprint density at radius 3 is 2.35 bits per heavy atom. The van der Waals surface area contributed by atoms with E-state index in [9.17, 15) is 13.2 Å². The van der Waals surface area contributed by atoms with Crippen LogP contribution in [0, 0.1) is 6.92 Å². The summed E-state index contributed by atoms with van der Waals surface area (Å²) in [6.07, 6.45) is 7.67. The zero-order chi connectivity index (χ0) is 24.3. The lowest BCUT2D eigenvalue weighted by atomic mass is 10.1. The van der Waals surface area contributed by atoms with Crippen LogP contribution in [-0.4, -0.2) is 66.9 Å². The number of ether oxygens (including phenoxy) is 1. The second kappa shape index (κ2) is 9.72. The molecule has 0 unspecified atom stereocenters. The fourth-order valence-electron chi connectivity index (χ4n) is 3.68. The first-order valence-electron chi connectivity index (χ1n) is 10.8. The summed E-state index contributed by atoms with van der Waals surface area (Å²) in [6, 6.07) is 7.37. The van der Waals surface area contributed by atoms with Crippen molar-refractivity contribution in [2.24, 2.45) is 4.99 Å². The topological polar surface area (TPSA) is 120 Å². The van der Waals surface area contributed by atoms with Crippen molar-refractivity contribution >= 4 is 22.0 Å². The van der Waals surface area contributed by atoms with E-state index in [0.717, 1.165) is 37.8 Å². The molecule has 1 saturated heterocycles. The van der Waals surface area contributed by atoms with Crippen LogP contribution in [-0.2, 0) is 9.84 Å². The number of aliphatic imine (C=N–C) groups is 1. The number of hydrogen-bond donors (Lipinski definition) is 0. The Hall–Kier alpha value is -3.60. The van der Waals surface area contributed by atoms with Crippen LogP contribution < -0.4 is 15.2 Å². The molecule has 34 heavy (non-hydrogen) atoms. The predicted octanol–water partition coefficient (Wildman–Crippen LogP) is 1.83. The molecule has 3 aromatic rings. The van der Waals surface area contributed by atoms with Crippen molar-refractivity contribution in [3.05, 3.63) is 64.3 Å². The van der Waals surface area contributed by atoms with Crippen LogP contribution in [0.3, 0.4) is 0 Å². The van der Waals surface area contributed by atoms with E-state index < -0.39 is 9.84 Å². The smallest absolute Gasteiger partial charge is 0.275 e.